The van der Waals surface area contributed by atoms with E-state index in [1.807, 2.05) is 4.90 Å². The summed E-state index contributed by atoms with van der Waals surface area (Å²) in [5, 5.41) is 2.81. The molecule has 120 valence electrons. The number of methoxy groups -OCH3 is 1. The minimum atomic E-state index is -0.0304. The summed E-state index contributed by atoms with van der Waals surface area (Å²) >= 11 is 0. The van der Waals surface area contributed by atoms with E-state index >= 15 is 0 Å². The van der Waals surface area contributed by atoms with Gasteiger partial charge >= 0.3 is 0 Å². The van der Waals surface area contributed by atoms with Crippen LogP contribution in [0.25, 0.3) is 0 Å². The fourth-order valence-electron chi connectivity index (χ4n) is 3.56. The second-order valence-corrected chi connectivity index (χ2v) is 5.95. The van der Waals surface area contributed by atoms with Crippen molar-refractivity contribution in [2.24, 2.45) is 5.92 Å². The molecule has 1 saturated heterocycles. The number of rotatable bonds is 5. The number of nitrogens with one attached hydrogen (secondary N) is 1. The number of hydrogen-bond donors (Lipinski definition) is 1. The molecule has 1 unspecified atom stereocenters. The van der Waals surface area contributed by atoms with Crippen LogP contribution in [0, 0.1) is 5.92 Å². The molecule has 1 atom stereocenters. The van der Waals surface area contributed by atoms with E-state index < -0.39 is 0 Å². The molecule has 6 nitrogen and oxygen atoms in total. The Kier molecular flexibility index (Phi) is 5.99. The van der Waals surface area contributed by atoms with Crippen molar-refractivity contribution in [1.29, 1.82) is 0 Å². The highest BCUT2D eigenvalue weighted by atomic mass is 16.5. The molecule has 2 rings (SSSR count). The Morgan fingerprint density at radius 1 is 1.19 bits per heavy atom. The molecule has 2 aliphatic rings. The molecule has 2 fully saturated rings. The zero-order valence-corrected chi connectivity index (χ0v) is 13.1. The summed E-state index contributed by atoms with van der Waals surface area (Å²) < 4.78 is 4.90. The molecule has 1 saturated carbocycles. The largest absolute Gasteiger partial charge is 0.375 e. The fourth-order valence-corrected chi connectivity index (χ4v) is 3.56. The van der Waals surface area contributed by atoms with Crippen LogP contribution in [0.3, 0.4) is 0 Å². The molecular weight excluding hydrogens is 270 g/mol. The van der Waals surface area contributed by atoms with Crippen LogP contribution in [0.1, 0.15) is 25.7 Å². The maximum atomic E-state index is 12.3. The summed E-state index contributed by atoms with van der Waals surface area (Å²) in [6, 6.07) is -0.0304. The molecule has 0 aromatic heterocycles. The zero-order valence-electron chi connectivity index (χ0n) is 13.1. The van der Waals surface area contributed by atoms with Crippen molar-refractivity contribution in [3.63, 3.8) is 0 Å². The Hall–Kier alpha value is -1.14. The van der Waals surface area contributed by atoms with Crippen molar-refractivity contribution >= 4 is 11.8 Å². The van der Waals surface area contributed by atoms with Gasteiger partial charge in [-0.15, -0.1) is 0 Å². The third-order valence-corrected chi connectivity index (χ3v) is 4.69. The Bertz CT molecular complexity index is 361. The van der Waals surface area contributed by atoms with Gasteiger partial charge in [0.15, 0.2) is 0 Å². The summed E-state index contributed by atoms with van der Waals surface area (Å²) in [6.07, 6.45) is 4.73. The molecule has 0 radical (unpaired) electrons. The van der Waals surface area contributed by atoms with E-state index in [0.29, 0.717) is 19.0 Å². The Labute approximate surface area is 126 Å². The number of hydrogen-bond acceptors (Lipinski definition) is 4. The quantitative estimate of drug-likeness (QED) is 0.781. The van der Waals surface area contributed by atoms with Gasteiger partial charge in [0.25, 0.3) is 0 Å². The maximum absolute atomic E-state index is 12.3. The summed E-state index contributed by atoms with van der Waals surface area (Å²) in [4.78, 5) is 28.2. The lowest BCUT2D eigenvalue weighted by Crippen LogP contribution is -2.58. The van der Waals surface area contributed by atoms with Gasteiger partial charge in [-0.2, -0.15) is 0 Å². The van der Waals surface area contributed by atoms with Crippen molar-refractivity contribution < 1.29 is 14.3 Å². The topological polar surface area (TPSA) is 61.9 Å². The summed E-state index contributed by atoms with van der Waals surface area (Å²) in [5.74, 6) is 0.624. The van der Waals surface area contributed by atoms with Crippen LogP contribution in [-0.4, -0.2) is 74.6 Å². The number of ether oxygens (including phenoxy) is 1. The van der Waals surface area contributed by atoms with Crippen LogP contribution in [0.2, 0.25) is 0 Å². The van der Waals surface area contributed by atoms with Gasteiger partial charge in [0.2, 0.25) is 11.8 Å². The van der Waals surface area contributed by atoms with Gasteiger partial charge in [0, 0.05) is 40.3 Å². The third kappa shape index (κ3) is 3.95. The normalized spacial score (nSPS) is 22.3. The van der Waals surface area contributed by atoms with Gasteiger partial charge in [-0.3, -0.25) is 14.5 Å². The first kappa shape index (κ1) is 16.2. The van der Waals surface area contributed by atoms with Crippen LogP contribution in [0.15, 0.2) is 0 Å². The van der Waals surface area contributed by atoms with E-state index in [2.05, 4.69) is 10.2 Å². The number of likely N-dealkylation sites (N-methyl/N-ethyl adjacent to an activating group) is 1. The maximum Gasteiger partial charge on any atom is 0.248 e. The lowest BCUT2D eigenvalue weighted by molar-refractivity contribution is -0.138. The highest BCUT2D eigenvalue weighted by molar-refractivity contribution is 5.82. The monoisotopic (exact) mass is 297 g/mol. The van der Waals surface area contributed by atoms with Gasteiger partial charge in [0.1, 0.15) is 6.61 Å². The Balaban J connectivity index is 1.93. The average Bonchev–Trinajstić information content (AvgIpc) is 3.02. The van der Waals surface area contributed by atoms with E-state index in [4.69, 9.17) is 4.74 Å². The smallest absolute Gasteiger partial charge is 0.248 e. The highest BCUT2D eigenvalue weighted by Gasteiger charge is 2.36. The lowest BCUT2D eigenvalue weighted by atomic mass is 9.95. The highest BCUT2D eigenvalue weighted by Crippen LogP contribution is 2.31. The van der Waals surface area contributed by atoms with E-state index in [1.54, 1.807) is 7.05 Å². The number of carbonyl (C=O) groups is 2. The summed E-state index contributed by atoms with van der Waals surface area (Å²) in [6.45, 7) is 3.04. The number of piperazine rings is 1. The van der Waals surface area contributed by atoms with E-state index in [9.17, 15) is 9.59 Å². The van der Waals surface area contributed by atoms with Crippen LogP contribution in [-0.2, 0) is 14.3 Å². The van der Waals surface area contributed by atoms with Gasteiger partial charge in [-0.1, -0.05) is 12.8 Å². The predicted octanol–water partition coefficient (Wildman–Crippen LogP) is 0.0818. The van der Waals surface area contributed by atoms with Crippen LogP contribution >= 0.6 is 0 Å². The van der Waals surface area contributed by atoms with Gasteiger partial charge in [-0.05, 0) is 18.8 Å². The van der Waals surface area contributed by atoms with Crippen LogP contribution < -0.4 is 5.32 Å². The summed E-state index contributed by atoms with van der Waals surface area (Å²) in [5.41, 5.74) is 0. The predicted molar refractivity (Wildman–Crippen MR) is 79.8 cm³/mol. The standard InChI is InChI=1S/C15H27N3O3/c1-16-15(20)14(12-5-3-4-6-12)18-9-7-17(8-10-18)13(19)11-21-2/h12,14H,3-11H2,1-2H3,(H,16,20). The number of amides is 2. The van der Waals surface area contributed by atoms with E-state index in [0.717, 1.165) is 25.9 Å². The van der Waals surface area contributed by atoms with Crippen molar-refractivity contribution in [3.05, 3.63) is 0 Å². The van der Waals surface area contributed by atoms with Crippen molar-refractivity contribution in [2.45, 2.75) is 31.7 Å². The third-order valence-electron chi connectivity index (χ3n) is 4.69. The number of nitrogens with zero attached hydrogens (tertiary/aromatic N) is 2. The molecular formula is C15H27N3O3. The molecule has 6 heteroatoms. The molecule has 1 aliphatic carbocycles. The van der Waals surface area contributed by atoms with E-state index in [1.165, 1.54) is 20.0 Å². The van der Waals surface area contributed by atoms with E-state index in [-0.39, 0.29) is 24.5 Å². The minimum Gasteiger partial charge on any atom is -0.375 e. The summed E-state index contributed by atoms with van der Waals surface area (Å²) in [7, 11) is 3.25. The molecule has 0 aromatic carbocycles. The van der Waals surface area contributed by atoms with Gasteiger partial charge < -0.3 is 15.0 Å². The first-order valence-corrected chi connectivity index (χ1v) is 7.89. The van der Waals surface area contributed by atoms with Crippen LogP contribution in [0.4, 0.5) is 0 Å². The van der Waals surface area contributed by atoms with Crippen LogP contribution in [0.5, 0.6) is 0 Å². The molecule has 0 aromatic rings. The SMILES string of the molecule is CNC(=O)C(C1CCCC1)N1CCN(C(=O)COC)CC1. The molecule has 1 aliphatic heterocycles. The second-order valence-electron chi connectivity index (χ2n) is 5.95. The fraction of sp³-hybridized carbons (Fsp3) is 0.867. The Morgan fingerprint density at radius 3 is 2.33 bits per heavy atom. The first-order chi connectivity index (χ1) is 10.2. The average molecular weight is 297 g/mol. The van der Waals surface area contributed by atoms with Crippen molar-refractivity contribution in [2.75, 3.05) is 46.9 Å². The van der Waals surface area contributed by atoms with Crippen molar-refractivity contribution in [1.82, 2.24) is 15.1 Å². The zero-order chi connectivity index (χ0) is 15.2. The van der Waals surface area contributed by atoms with Gasteiger partial charge in [-0.25, -0.2) is 0 Å². The molecule has 0 bridgehead atoms. The molecule has 21 heavy (non-hydrogen) atoms. The second kappa shape index (κ2) is 7.75. The number of carbonyl (C=O) groups excluding carboxylic acids is 2. The molecule has 2 amide bonds. The minimum absolute atomic E-state index is 0.0304. The Morgan fingerprint density at radius 2 is 1.81 bits per heavy atom. The molecule has 1 N–H and O–H groups in total. The van der Waals surface area contributed by atoms with Gasteiger partial charge in [0.05, 0.1) is 6.04 Å². The molecule has 1 heterocycles. The first-order valence-electron chi connectivity index (χ1n) is 7.89. The van der Waals surface area contributed by atoms with Crippen molar-refractivity contribution in [3.8, 4) is 0 Å². The lowest BCUT2D eigenvalue weighted by Gasteiger charge is -2.40. The molecule has 0 spiro atoms.